The Morgan fingerprint density at radius 3 is 2.90 bits per heavy atom. The van der Waals surface area contributed by atoms with Crippen molar-refractivity contribution < 1.29 is 14.1 Å². The molecule has 3 rings (SSSR count). The van der Waals surface area contributed by atoms with Crippen molar-refractivity contribution in [3.8, 4) is 5.75 Å². The second kappa shape index (κ2) is 5.73. The van der Waals surface area contributed by atoms with Crippen molar-refractivity contribution in [2.24, 2.45) is 5.92 Å². The molecular formula is C14H15N3O3. The summed E-state index contributed by atoms with van der Waals surface area (Å²) >= 11 is 0. The number of benzene rings is 1. The van der Waals surface area contributed by atoms with Gasteiger partial charge in [0.05, 0.1) is 6.54 Å². The van der Waals surface area contributed by atoms with Gasteiger partial charge in [-0.05, 0) is 25.0 Å². The number of hydrogen-bond donors (Lipinski definition) is 1. The predicted octanol–water partition coefficient (Wildman–Crippen LogP) is 1.67. The molecule has 0 spiro atoms. The van der Waals surface area contributed by atoms with Crippen LogP contribution in [-0.2, 0) is 17.9 Å². The highest BCUT2D eigenvalue weighted by Crippen LogP contribution is 2.28. The summed E-state index contributed by atoms with van der Waals surface area (Å²) in [5.74, 6) is 1.85. The Balaban J connectivity index is 1.47. The highest BCUT2D eigenvalue weighted by Gasteiger charge is 2.29. The van der Waals surface area contributed by atoms with Gasteiger partial charge in [0, 0.05) is 5.92 Å². The molecule has 0 saturated heterocycles. The Bertz CT molecular complexity index is 578. The number of rotatable bonds is 6. The molecule has 1 aromatic carbocycles. The van der Waals surface area contributed by atoms with Crippen molar-refractivity contribution >= 4 is 5.91 Å². The fourth-order valence-corrected chi connectivity index (χ4v) is 1.74. The minimum atomic E-state index is 0.0666. The van der Waals surface area contributed by atoms with Crippen LogP contribution in [0, 0.1) is 5.92 Å². The Morgan fingerprint density at radius 2 is 2.15 bits per heavy atom. The molecule has 0 atom stereocenters. The molecular weight excluding hydrogens is 258 g/mol. The van der Waals surface area contributed by atoms with Gasteiger partial charge < -0.3 is 14.6 Å². The number of aromatic nitrogens is 2. The first-order valence-corrected chi connectivity index (χ1v) is 6.58. The molecule has 1 amide bonds. The summed E-state index contributed by atoms with van der Waals surface area (Å²) in [6.45, 7) is 0.512. The topological polar surface area (TPSA) is 77.2 Å². The zero-order valence-corrected chi connectivity index (χ0v) is 10.9. The van der Waals surface area contributed by atoms with Crippen LogP contribution < -0.4 is 10.1 Å². The lowest BCUT2D eigenvalue weighted by molar-refractivity contribution is -0.122. The summed E-state index contributed by atoms with van der Waals surface area (Å²) in [4.78, 5) is 15.6. The van der Waals surface area contributed by atoms with Crippen LogP contribution in [0.25, 0.3) is 0 Å². The third-order valence-electron chi connectivity index (χ3n) is 2.98. The van der Waals surface area contributed by atoms with E-state index in [9.17, 15) is 4.79 Å². The van der Waals surface area contributed by atoms with Crippen molar-refractivity contribution in [3.63, 3.8) is 0 Å². The summed E-state index contributed by atoms with van der Waals surface area (Å²) in [5, 5.41) is 6.58. The number of nitrogens with one attached hydrogen (secondary N) is 1. The average Bonchev–Trinajstić information content (AvgIpc) is 3.24. The van der Waals surface area contributed by atoms with E-state index in [4.69, 9.17) is 9.26 Å². The van der Waals surface area contributed by atoms with Gasteiger partial charge in [-0.2, -0.15) is 4.98 Å². The predicted molar refractivity (Wildman–Crippen MR) is 69.6 cm³/mol. The Labute approximate surface area is 116 Å². The van der Waals surface area contributed by atoms with Gasteiger partial charge in [0.2, 0.25) is 5.91 Å². The molecule has 0 aliphatic heterocycles. The standard InChI is InChI=1S/C14H15N3O3/c18-14(10-6-7-10)15-8-12-16-13(20-17-12)9-19-11-4-2-1-3-5-11/h1-5,10H,6-9H2,(H,15,18). The molecule has 1 heterocycles. The number of para-hydroxylation sites is 1. The van der Waals surface area contributed by atoms with E-state index in [2.05, 4.69) is 15.5 Å². The molecule has 1 aliphatic rings. The van der Waals surface area contributed by atoms with Crippen LogP contribution in [-0.4, -0.2) is 16.0 Å². The molecule has 1 fully saturated rings. The van der Waals surface area contributed by atoms with E-state index in [-0.39, 0.29) is 18.4 Å². The fraction of sp³-hybridized carbons (Fsp3) is 0.357. The van der Waals surface area contributed by atoms with Crippen LogP contribution in [0.15, 0.2) is 34.9 Å². The van der Waals surface area contributed by atoms with Gasteiger partial charge in [-0.25, -0.2) is 0 Å². The molecule has 104 valence electrons. The van der Waals surface area contributed by atoms with Crippen molar-refractivity contribution in [2.45, 2.75) is 26.0 Å². The van der Waals surface area contributed by atoms with Crippen molar-refractivity contribution in [2.75, 3.05) is 0 Å². The maximum Gasteiger partial charge on any atom is 0.264 e. The van der Waals surface area contributed by atoms with E-state index < -0.39 is 0 Å². The minimum Gasteiger partial charge on any atom is -0.484 e. The minimum absolute atomic E-state index is 0.0666. The van der Waals surface area contributed by atoms with E-state index in [1.165, 1.54) is 0 Å². The van der Waals surface area contributed by atoms with Crippen molar-refractivity contribution in [1.29, 1.82) is 0 Å². The number of carbonyl (C=O) groups is 1. The van der Waals surface area contributed by atoms with Crippen LogP contribution in [0.2, 0.25) is 0 Å². The van der Waals surface area contributed by atoms with Crippen LogP contribution >= 0.6 is 0 Å². The van der Waals surface area contributed by atoms with Gasteiger partial charge >= 0.3 is 0 Å². The molecule has 0 unspecified atom stereocenters. The van der Waals surface area contributed by atoms with Crippen LogP contribution in [0.1, 0.15) is 24.6 Å². The van der Waals surface area contributed by atoms with Crippen molar-refractivity contribution in [1.82, 2.24) is 15.5 Å². The van der Waals surface area contributed by atoms with Crippen LogP contribution in [0.4, 0.5) is 0 Å². The molecule has 6 nitrogen and oxygen atoms in total. The maximum absolute atomic E-state index is 11.5. The lowest BCUT2D eigenvalue weighted by Gasteiger charge is -2.01. The Morgan fingerprint density at radius 1 is 1.35 bits per heavy atom. The van der Waals surface area contributed by atoms with Gasteiger partial charge in [-0.3, -0.25) is 4.79 Å². The maximum atomic E-state index is 11.5. The highest BCUT2D eigenvalue weighted by molar-refractivity contribution is 5.80. The largest absolute Gasteiger partial charge is 0.484 e. The lowest BCUT2D eigenvalue weighted by atomic mass is 10.3. The number of amides is 1. The SMILES string of the molecule is O=C(NCc1noc(COc2ccccc2)n1)C1CC1. The highest BCUT2D eigenvalue weighted by atomic mass is 16.5. The number of carbonyl (C=O) groups excluding carboxylic acids is 1. The van der Waals surface area contributed by atoms with Crippen molar-refractivity contribution in [3.05, 3.63) is 42.0 Å². The molecule has 0 radical (unpaired) electrons. The fourth-order valence-electron chi connectivity index (χ4n) is 1.74. The number of ether oxygens (including phenoxy) is 1. The second-order valence-electron chi connectivity index (χ2n) is 4.70. The molecule has 2 aromatic rings. The van der Waals surface area contributed by atoms with Gasteiger partial charge in [0.1, 0.15) is 5.75 Å². The zero-order chi connectivity index (χ0) is 13.8. The quantitative estimate of drug-likeness (QED) is 0.866. The van der Waals surface area contributed by atoms with E-state index in [0.29, 0.717) is 18.3 Å². The summed E-state index contributed by atoms with van der Waals surface area (Å²) in [5.41, 5.74) is 0. The first-order valence-electron chi connectivity index (χ1n) is 6.58. The normalized spacial score (nSPS) is 14.0. The lowest BCUT2D eigenvalue weighted by Crippen LogP contribution is -2.24. The monoisotopic (exact) mass is 273 g/mol. The molecule has 0 bridgehead atoms. The summed E-state index contributed by atoms with van der Waals surface area (Å²) in [6, 6.07) is 9.41. The van der Waals surface area contributed by atoms with Gasteiger partial charge in [-0.1, -0.05) is 23.4 Å². The molecule has 1 aliphatic carbocycles. The molecule has 1 aromatic heterocycles. The van der Waals surface area contributed by atoms with Crippen LogP contribution in [0.5, 0.6) is 5.75 Å². The van der Waals surface area contributed by atoms with Gasteiger partial charge in [0.25, 0.3) is 5.89 Å². The molecule has 6 heteroatoms. The molecule has 1 N–H and O–H groups in total. The Kier molecular flexibility index (Phi) is 3.62. The van der Waals surface area contributed by atoms with Gasteiger partial charge in [-0.15, -0.1) is 0 Å². The molecule has 1 saturated carbocycles. The first kappa shape index (κ1) is 12.7. The zero-order valence-electron chi connectivity index (χ0n) is 10.9. The third kappa shape index (κ3) is 3.34. The second-order valence-corrected chi connectivity index (χ2v) is 4.70. The third-order valence-corrected chi connectivity index (χ3v) is 2.98. The van der Waals surface area contributed by atoms with E-state index >= 15 is 0 Å². The number of hydrogen-bond acceptors (Lipinski definition) is 5. The molecule has 20 heavy (non-hydrogen) atoms. The summed E-state index contributed by atoms with van der Waals surface area (Å²) < 4.78 is 10.6. The smallest absolute Gasteiger partial charge is 0.264 e. The average molecular weight is 273 g/mol. The van der Waals surface area contributed by atoms with Gasteiger partial charge in [0.15, 0.2) is 12.4 Å². The number of nitrogens with zero attached hydrogens (tertiary/aromatic N) is 2. The summed E-state index contributed by atoms with van der Waals surface area (Å²) in [7, 11) is 0. The summed E-state index contributed by atoms with van der Waals surface area (Å²) in [6.07, 6.45) is 1.96. The van der Waals surface area contributed by atoms with E-state index in [1.807, 2.05) is 30.3 Å². The van der Waals surface area contributed by atoms with E-state index in [1.54, 1.807) is 0 Å². The Hall–Kier alpha value is -2.37. The van der Waals surface area contributed by atoms with Crippen LogP contribution in [0.3, 0.4) is 0 Å². The first-order chi connectivity index (χ1) is 9.81. The van der Waals surface area contributed by atoms with E-state index in [0.717, 1.165) is 18.6 Å².